The van der Waals surface area contributed by atoms with Crippen LogP contribution in [0, 0.1) is 6.92 Å². The molecule has 132 valence electrons. The van der Waals surface area contributed by atoms with Gasteiger partial charge in [0.15, 0.2) is 11.4 Å². The Hall–Kier alpha value is -3.08. The van der Waals surface area contributed by atoms with Crippen LogP contribution in [-0.4, -0.2) is 28.8 Å². The molecular weight excluding hydrogens is 328 g/mol. The molecule has 1 aliphatic rings. The number of ether oxygens (including phenoxy) is 1. The van der Waals surface area contributed by atoms with Crippen molar-refractivity contribution in [2.45, 2.75) is 26.4 Å². The molecule has 26 heavy (non-hydrogen) atoms. The van der Waals surface area contributed by atoms with E-state index in [9.17, 15) is 9.59 Å². The largest absolute Gasteiger partial charge is 0.476 e. The molecule has 0 spiro atoms. The van der Waals surface area contributed by atoms with Crippen LogP contribution in [-0.2, 0) is 4.79 Å². The summed E-state index contributed by atoms with van der Waals surface area (Å²) in [4.78, 5) is 30.6. The first-order valence-electron chi connectivity index (χ1n) is 8.58. The summed E-state index contributed by atoms with van der Waals surface area (Å²) < 4.78 is 5.85. The number of hydrogen-bond donors (Lipinski definition) is 1. The minimum absolute atomic E-state index is 0.0239. The molecule has 1 aromatic heterocycles. The second-order valence-electron chi connectivity index (χ2n) is 7.15. The molecule has 0 unspecified atom stereocenters. The van der Waals surface area contributed by atoms with Crippen LogP contribution in [0.15, 0.2) is 48.7 Å². The predicted octanol–water partition coefficient (Wildman–Crippen LogP) is 3.86. The number of nitrogens with zero attached hydrogens (tertiary/aromatic N) is 1. The maximum Gasteiger partial charge on any atom is 0.271 e. The number of H-pyrrole nitrogens is 1. The normalized spacial score (nSPS) is 15.7. The lowest BCUT2D eigenvalue weighted by Crippen LogP contribution is -2.53. The summed E-state index contributed by atoms with van der Waals surface area (Å²) in [5, 5.41) is 0.863. The summed E-state index contributed by atoms with van der Waals surface area (Å²) in [6.07, 6.45) is 1.71. The Morgan fingerprint density at radius 3 is 2.77 bits per heavy atom. The van der Waals surface area contributed by atoms with Gasteiger partial charge in [0.25, 0.3) is 5.91 Å². The molecule has 0 atom stereocenters. The van der Waals surface area contributed by atoms with Gasteiger partial charge in [-0.2, -0.15) is 0 Å². The van der Waals surface area contributed by atoms with Crippen LogP contribution in [0.3, 0.4) is 0 Å². The third kappa shape index (κ3) is 2.56. The number of para-hydroxylation sites is 1. The lowest BCUT2D eigenvalue weighted by atomic mass is 10.0. The molecule has 2 aromatic carbocycles. The van der Waals surface area contributed by atoms with Crippen molar-refractivity contribution < 1.29 is 14.3 Å². The molecule has 1 N–H and O–H groups in total. The number of aryl methyl sites for hydroxylation is 1. The van der Waals surface area contributed by atoms with E-state index in [2.05, 4.69) is 4.98 Å². The van der Waals surface area contributed by atoms with Gasteiger partial charge in [0.05, 0.1) is 12.2 Å². The van der Waals surface area contributed by atoms with Gasteiger partial charge in [0, 0.05) is 22.7 Å². The van der Waals surface area contributed by atoms with E-state index in [1.54, 1.807) is 20.0 Å². The zero-order valence-corrected chi connectivity index (χ0v) is 15.0. The highest BCUT2D eigenvalue weighted by atomic mass is 16.5. The lowest BCUT2D eigenvalue weighted by molar-refractivity contribution is -0.132. The number of aromatic nitrogens is 1. The number of ketones is 1. The Bertz CT molecular complexity index is 1030. The van der Waals surface area contributed by atoms with E-state index >= 15 is 0 Å². The number of hydrogen-bond acceptors (Lipinski definition) is 3. The number of amides is 1. The molecule has 0 aliphatic carbocycles. The third-order valence-corrected chi connectivity index (χ3v) is 4.72. The van der Waals surface area contributed by atoms with Gasteiger partial charge in [-0.25, -0.2) is 0 Å². The molecule has 1 aliphatic heterocycles. The van der Waals surface area contributed by atoms with E-state index in [0.29, 0.717) is 17.0 Å². The molecule has 1 amide bonds. The molecule has 0 saturated carbocycles. The second-order valence-corrected chi connectivity index (χ2v) is 7.15. The zero-order valence-electron chi connectivity index (χ0n) is 15.0. The molecule has 3 aromatic rings. The minimum Gasteiger partial charge on any atom is -0.476 e. The van der Waals surface area contributed by atoms with E-state index in [0.717, 1.165) is 16.5 Å². The quantitative estimate of drug-likeness (QED) is 0.731. The number of rotatable bonds is 3. The zero-order chi connectivity index (χ0) is 18.5. The maximum absolute atomic E-state index is 13.0. The van der Waals surface area contributed by atoms with Crippen molar-refractivity contribution in [1.82, 2.24) is 4.98 Å². The van der Waals surface area contributed by atoms with Gasteiger partial charge in [0.1, 0.15) is 5.75 Å². The SMILES string of the molecule is Cc1ccc2c(c1)N(CC(=O)c1c[nH]c3ccccc13)C(=O)C(C)(C)O2. The highest BCUT2D eigenvalue weighted by molar-refractivity contribution is 6.14. The number of carbonyl (C=O) groups is 2. The van der Waals surface area contributed by atoms with Crippen LogP contribution >= 0.6 is 0 Å². The van der Waals surface area contributed by atoms with Crippen LogP contribution in [0.25, 0.3) is 10.9 Å². The van der Waals surface area contributed by atoms with Gasteiger partial charge in [-0.3, -0.25) is 14.5 Å². The van der Waals surface area contributed by atoms with Crippen LogP contribution in [0.5, 0.6) is 5.75 Å². The van der Waals surface area contributed by atoms with Crippen LogP contribution < -0.4 is 9.64 Å². The van der Waals surface area contributed by atoms with Crippen LogP contribution in [0.1, 0.15) is 29.8 Å². The Labute approximate surface area is 151 Å². The molecule has 2 heterocycles. The van der Waals surface area contributed by atoms with E-state index in [-0.39, 0.29) is 18.2 Å². The fraction of sp³-hybridized carbons (Fsp3) is 0.238. The highest BCUT2D eigenvalue weighted by Crippen LogP contribution is 2.38. The lowest BCUT2D eigenvalue weighted by Gasteiger charge is -2.38. The Morgan fingerprint density at radius 1 is 1.19 bits per heavy atom. The smallest absolute Gasteiger partial charge is 0.271 e. The fourth-order valence-corrected chi connectivity index (χ4v) is 3.37. The first-order valence-corrected chi connectivity index (χ1v) is 8.58. The van der Waals surface area contributed by atoms with E-state index < -0.39 is 5.60 Å². The Balaban J connectivity index is 1.74. The van der Waals surface area contributed by atoms with Gasteiger partial charge < -0.3 is 9.72 Å². The standard InChI is InChI=1S/C21H20N2O3/c1-13-8-9-19-17(10-13)23(20(25)21(2,3)26-19)12-18(24)15-11-22-16-7-5-4-6-14(15)16/h4-11,22H,12H2,1-3H3. The van der Waals surface area contributed by atoms with Crippen LogP contribution in [0.2, 0.25) is 0 Å². The number of benzene rings is 2. The number of carbonyl (C=O) groups excluding carboxylic acids is 2. The molecule has 5 nitrogen and oxygen atoms in total. The second kappa shape index (κ2) is 5.73. The first-order chi connectivity index (χ1) is 12.4. The molecule has 0 fully saturated rings. The fourth-order valence-electron chi connectivity index (χ4n) is 3.37. The van der Waals surface area contributed by atoms with Gasteiger partial charge >= 0.3 is 0 Å². The molecule has 5 heteroatoms. The van der Waals surface area contributed by atoms with Gasteiger partial charge in [0.2, 0.25) is 0 Å². The number of nitrogens with one attached hydrogen (secondary N) is 1. The molecular formula is C21H20N2O3. The molecule has 4 rings (SSSR count). The van der Waals surface area contributed by atoms with Gasteiger partial charge in [-0.05, 0) is 44.5 Å². The topological polar surface area (TPSA) is 62.4 Å². The van der Waals surface area contributed by atoms with E-state index in [1.165, 1.54) is 4.90 Å². The summed E-state index contributed by atoms with van der Waals surface area (Å²) in [5.41, 5.74) is 2.13. The third-order valence-electron chi connectivity index (χ3n) is 4.72. The molecule has 0 bridgehead atoms. The maximum atomic E-state index is 13.0. The van der Waals surface area contributed by atoms with Gasteiger partial charge in [-0.1, -0.05) is 24.3 Å². The van der Waals surface area contributed by atoms with Crippen LogP contribution in [0.4, 0.5) is 5.69 Å². The summed E-state index contributed by atoms with van der Waals surface area (Å²) >= 11 is 0. The first kappa shape index (κ1) is 16.4. The van der Waals surface area contributed by atoms with Gasteiger partial charge in [-0.15, -0.1) is 0 Å². The number of anilines is 1. The van der Waals surface area contributed by atoms with E-state index in [4.69, 9.17) is 4.74 Å². The van der Waals surface area contributed by atoms with Crippen molar-refractivity contribution >= 4 is 28.3 Å². The average Bonchev–Trinajstić information content (AvgIpc) is 3.03. The van der Waals surface area contributed by atoms with Crippen molar-refractivity contribution in [1.29, 1.82) is 0 Å². The van der Waals surface area contributed by atoms with Crippen molar-refractivity contribution in [3.05, 3.63) is 59.8 Å². The van der Waals surface area contributed by atoms with E-state index in [1.807, 2.05) is 49.4 Å². The predicted molar refractivity (Wildman–Crippen MR) is 101 cm³/mol. The summed E-state index contributed by atoms with van der Waals surface area (Å²) in [6.45, 7) is 5.37. The Kier molecular flexibility index (Phi) is 3.61. The molecule has 0 saturated heterocycles. The number of aromatic amines is 1. The number of Topliss-reactive ketones (excluding diaryl/α,β-unsaturated/α-hetero) is 1. The van der Waals surface area contributed by atoms with Crippen molar-refractivity contribution in [3.8, 4) is 5.75 Å². The molecule has 0 radical (unpaired) electrons. The van der Waals surface area contributed by atoms with Crippen molar-refractivity contribution in [2.75, 3.05) is 11.4 Å². The van der Waals surface area contributed by atoms with Crippen molar-refractivity contribution in [2.24, 2.45) is 0 Å². The minimum atomic E-state index is -1.01. The highest BCUT2D eigenvalue weighted by Gasteiger charge is 2.41. The Morgan fingerprint density at radius 2 is 1.96 bits per heavy atom. The van der Waals surface area contributed by atoms with Crippen molar-refractivity contribution in [3.63, 3.8) is 0 Å². The average molecular weight is 348 g/mol. The monoisotopic (exact) mass is 348 g/mol. The summed E-state index contributed by atoms with van der Waals surface area (Å²) in [6, 6.07) is 13.3. The number of fused-ring (bicyclic) bond motifs is 2. The summed E-state index contributed by atoms with van der Waals surface area (Å²) in [7, 11) is 0. The summed E-state index contributed by atoms with van der Waals surface area (Å²) in [5.74, 6) is 0.289.